The smallest absolute Gasteiger partial charge is 0.224 e. The van der Waals surface area contributed by atoms with Gasteiger partial charge in [0.1, 0.15) is 5.82 Å². The van der Waals surface area contributed by atoms with E-state index < -0.39 is 0 Å². The SMILES string of the molecule is CCCNc1ncc(C)c(NCCCN2CCOCC2)n1. The second kappa shape index (κ2) is 8.79. The van der Waals surface area contributed by atoms with Gasteiger partial charge >= 0.3 is 0 Å². The van der Waals surface area contributed by atoms with Crippen LogP contribution in [0.1, 0.15) is 25.3 Å². The van der Waals surface area contributed by atoms with Gasteiger partial charge in [-0.3, -0.25) is 4.90 Å². The Morgan fingerprint density at radius 3 is 2.81 bits per heavy atom. The summed E-state index contributed by atoms with van der Waals surface area (Å²) < 4.78 is 5.36. The molecule has 6 nitrogen and oxygen atoms in total. The van der Waals surface area contributed by atoms with Crippen LogP contribution in [0, 0.1) is 6.92 Å². The van der Waals surface area contributed by atoms with Gasteiger partial charge in [-0.25, -0.2) is 4.98 Å². The Morgan fingerprint density at radius 1 is 1.24 bits per heavy atom. The standard InChI is InChI=1S/C15H27N5O/c1-3-5-17-15-18-12-13(2)14(19-15)16-6-4-7-20-8-10-21-11-9-20/h12H,3-11H2,1-2H3,(H2,16,17,18,19). The van der Waals surface area contributed by atoms with Crippen LogP contribution in [0.4, 0.5) is 11.8 Å². The molecule has 0 radical (unpaired) electrons. The lowest BCUT2D eigenvalue weighted by molar-refractivity contribution is 0.0378. The van der Waals surface area contributed by atoms with Gasteiger partial charge in [0.2, 0.25) is 5.95 Å². The van der Waals surface area contributed by atoms with Crippen molar-refractivity contribution in [1.82, 2.24) is 14.9 Å². The van der Waals surface area contributed by atoms with Crippen LogP contribution in [-0.2, 0) is 4.74 Å². The first-order valence-corrected chi connectivity index (χ1v) is 7.91. The molecule has 0 amide bonds. The molecule has 1 saturated heterocycles. The summed E-state index contributed by atoms with van der Waals surface area (Å²) in [6.45, 7) is 11.0. The average molecular weight is 293 g/mol. The van der Waals surface area contributed by atoms with Crippen LogP contribution in [0.3, 0.4) is 0 Å². The average Bonchev–Trinajstić information content (AvgIpc) is 2.53. The maximum Gasteiger partial charge on any atom is 0.224 e. The first kappa shape index (κ1) is 16.0. The lowest BCUT2D eigenvalue weighted by Gasteiger charge is -2.26. The summed E-state index contributed by atoms with van der Waals surface area (Å²) in [7, 11) is 0. The van der Waals surface area contributed by atoms with E-state index in [1.165, 1.54) is 0 Å². The summed E-state index contributed by atoms with van der Waals surface area (Å²) in [5.74, 6) is 1.64. The lowest BCUT2D eigenvalue weighted by Crippen LogP contribution is -2.37. The van der Waals surface area contributed by atoms with E-state index in [-0.39, 0.29) is 0 Å². The van der Waals surface area contributed by atoms with Crippen molar-refractivity contribution in [3.8, 4) is 0 Å². The molecule has 21 heavy (non-hydrogen) atoms. The summed E-state index contributed by atoms with van der Waals surface area (Å²) >= 11 is 0. The predicted octanol–water partition coefficient (Wildman–Crippen LogP) is 1.74. The minimum Gasteiger partial charge on any atom is -0.379 e. The molecule has 0 atom stereocenters. The minimum absolute atomic E-state index is 0.707. The Labute approximate surface area is 127 Å². The van der Waals surface area contributed by atoms with Crippen molar-refractivity contribution in [3.63, 3.8) is 0 Å². The Balaban J connectivity index is 1.73. The van der Waals surface area contributed by atoms with Crippen LogP contribution >= 0.6 is 0 Å². The third kappa shape index (κ3) is 5.47. The van der Waals surface area contributed by atoms with Gasteiger partial charge < -0.3 is 15.4 Å². The highest BCUT2D eigenvalue weighted by atomic mass is 16.5. The van der Waals surface area contributed by atoms with Crippen molar-refractivity contribution in [2.24, 2.45) is 0 Å². The summed E-state index contributed by atoms with van der Waals surface area (Å²) in [5, 5.41) is 6.64. The van der Waals surface area contributed by atoms with Gasteiger partial charge in [0.25, 0.3) is 0 Å². The van der Waals surface area contributed by atoms with E-state index in [0.29, 0.717) is 5.95 Å². The zero-order chi connectivity index (χ0) is 14.9. The van der Waals surface area contributed by atoms with Crippen molar-refractivity contribution >= 4 is 11.8 Å². The first-order valence-electron chi connectivity index (χ1n) is 7.91. The molecular formula is C15H27N5O. The van der Waals surface area contributed by atoms with Gasteiger partial charge in [0.15, 0.2) is 0 Å². The van der Waals surface area contributed by atoms with Crippen molar-refractivity contribution in [2.45, 2.75) is 26.7 Å². The van der Waals surface area contributed by atoms with E-state index >= 15 is 0 Å². The number of morpholine rings is 1. The molecule has 6 heteroatoms. The highest BCUT2D eigenvalue weighted by Crippen LogP contribution is 2.12. The Hall–Kier alpha value is -1.40. The van der Waals surface area contributed by atoms with Crippen LogP contribution in [0.25, 0.3) is 0 Å². The molecular weight excluding hydrogens is 266 g/mol. The van der Waals surface area contributed by atoms with E-state index in [0.717, 1.165) is 70.2 Å². The molecule has 2 rings (SSSR count). The minimum atomic E-state index is 0.707. The van der Waals surface area contributed by atoms with E-state index in [9.17, 15) is 0 Å². The van der Waals surface area contributed by atoms with Crippen molar-refractivity contribution < 1.29 is 4.74 Å². The summed E-state index contributed by atoms with van der Waals surface area (Å²) in [4.78, 5) is 11.3. The maximum atomic E-state index is 5.36. The molecule has 1 aliphatic heterocycles. The molecule has 1 fully saturated rings. The largest absolute Gasteiger partial charge is 0.379 e. The highest BCUT2D eigenvalue weighted by Gasteiger charge is 2.09. The van der Waals surface area contributed by atoms with Crippen molar-refractivity contribution in [1.29, 1.82) is 0 Å². The predicted molar refractivity (Wildman–Crippen MR) is 85.9 cm³/mol. The summed E-state index contributed by atoms with van der Waals surface area (Å²) in [5.41, 5.74) is 1.09. The fraction of sp³-hybridized carbons (Fsp3) is 0.733. The molecule has 0 aliphatic carbocycles. The summed E-state index contributed by atoms with van der Waals surface area (Å²) in [6.07, 6.45) is 4.05. The molecule has 0 bridgehead atoms. The highest BCUT2D eigenvalue weighted by molar-refractivity contribution is 5.46. The first-order chi connectivity index (χ1) is 10.3. The van der Waals surface area contributed by atoms with E-state index in [2.05, 4.69) is 32.4 Å². The summed E-state index contributed by atoms with van der Waals surface area (Å²) in [6, 6.07) is 0. The number of nitrogens with zero attached hydrogens (tertiary/aromatic N) is 3. The zero-order valence-electron chi connectivity index (χ0n) is 13.2. The number of anilines is 2. The molecule has 2 N–H and O–H groups in total. The van der Waals surface area contributed by atoms with Crippen LogP contribution < -0.4 is 10.6 Å². The normalized spacial score (nSPS) is 15.9. The number of hydrogen-bond donors (Lipinski definition) is 2. The topological polar surface area (TPSA) is 62.3 Å². The molecule has 1 aromatic rings. The number of rotatable bonds is 8. The third-order valence-electron chi connectivity index (χ3n) is 3.55. The van der Waals surface area contributed by atoms with Gasteiger partial charge in [-0.15, -0.1) is 0 Å². The van der Waals surface area contributed by atoms with Crippen LogP contribution in [0.5, 0.6) is 0 Å². The Bertz CT molecular complexity index is 421. The molecule has 1 aromatic heterocycles. The van der Waals surface area contributed by atoms with E-state index in [4.69, 9.17) is 4.74 Å². The van der Waals surface area contributed by atoms with Crippen molar-refractivity contribution in [2.75, 3.05) is 56.6 Å². The number of nitrogens with one attached hydrogen (secondary N) is 2. The van der Waals surface area contributed by atoms with Crippen LogP contribution in [-0.4, -0.2) is 60.8 Å². The number of ether oxygens (including phenoxy) is 1. The zero-order valence-corrected chi connectivity index (χ0v) is 13.2. The van der Waals surface area contributed by atoms with Gasteiger partial charge in [0.05, 0.1) is 13.2 Å². The number of aromatic nitrogens is 2. The molecule has 0 spiro atoms. The Kier molecular flexibility index (Phi) is 6.69. The number of aryl methyl sites for hydroxylation is 1. The van der Waals surface area contributed by atoms with Crippen LogP contribution in [0.2, 0.25) is 0 Å². The monoisotopic (exact) mass is 293 g/mol. The molecule has 118 valence electrons. The molecule has 2 heterocycles. The van der Waals surface area contributed by atoms with Gasteiger partial charge in [0, 0.05) is 37.9 Å². The Morgan fingerprint density at radius 2 is 2.05 bits per heavy atom. The second-order valence-electron chi connectivity index (χ2n) is 5.39. The molecule has 0 unspecified atom stereocenters. The van der Waals surface area contributed by atoms with Gasteiger partial charge in [-0.1, -0.05) is 6.92 Å². The molecule has 0 aromatic carbocycles. The van der Waals surface area contributed by atoms with Gasteiger partial charge in [-0.05, 0) is 26.3 Å². The second-order valence-corrected chi connectivity index (χ2v) is 5.39. The van der Waals surface area contributed by atoms with E-state index in [1.807, 2.05) is 13.1 Å². The molecule has 0 saturated carbocycles. The lowest BCUT2D eigenvalue weighted by atomic mass is 10.3. The molecule has 1 aliphatic rings. The van der Waals surface area contributed by atoms with E-state index in [1.54, 1.807) is 0 Å². The number of hydrogen-bond acceptors (Lipinski definition) is 6. The fourth-order valence-electron chi connectivity index (χ4n) is 2.28. The maximum absolute atomic E-state index is 5.36. The van der Waals surface area contributed by atoms with Crippen LogP contribution in [0.15, 0.2) is 6.20 Å². The van der Waals surface area contributed by atoms with Crippen molar-refractivity contribution in [3.05, 3.63) is 11.8 Å². The fourth-order valence-corrected chi connectivity index (χ4v) is 2.28. The third-order valence-corrected chi connectivity index (χ3v) is 3.55. The van der Waals surface area contributed by atoms with Gasteiger partial charge in [-0.2, -0.15) is 4.98 Å². The quantitative estimate of drug-likeness (QED) is 0.712.